The quantitative estimate of drug-likeness (QED) is 0.840. The lowest BCUT2D eigenvalue weighted by Gasteiger charge is -2.03. The molecule has 1 N–H and O–H groups in total. The van der Waals surface area contributed by atoms with Gasteiger partial charge in [-0.25, -0.2) is 0 Å². The Morgan fingerprint density at radius 1 is 1.16 bits per heavy atom. The molecule has 5 heteroatoms. The Morgan fingerprint density at radius 3 is 2.26 bits per heavy atom. The van der Waals surface area contributed by atoms with Crippen LogP contribution in [0.25, 0.3) is 0 Å². The Bertz CT molecular complexity index is 647. The summed E-state index contributed by atoms with van der Waals surface area (Å²) < 4.78 is 1.39. The number of nitrogens with one attached hydrogen (secondary N) is 1. The number of nitrogens with zero attached hydrogens (tertiary/aromatic N) is 3. The van der Waals surface area contributed by atoms with E-state index in [4.69, 9.17) is 0 Å². The van der Waals surface area contributed by atoms with Crippen molar-refractivity contribution < 1.29 is 0 Å². The Hall–Kier alpha value is -2.17. The molecule has 19 heavy (non-hydrogen) atoms. The molecular weight excluding hydrogens is 240 g/mol. The zero-order valence-corrected chi connectivity index (χ0v) is 11.6. The molecule has 0 fully saturated rings. The molecule has 0 aliphatic heterocycles. The van der Waals surface area contributed by atoms with Gasteiger partial charge in [0.1, 0.15) is 0 Å². The summed E-state index contributed by atoms with van der Waals surface area (Å²) in [7, 11) is 1.66. The molecular formula is C14H18N4O. The van der Waals surface area contributed by atoms with E-state index in [2.05, 4.69) is 29.2 Å². The minimum atomic E-state index is -0.167. The summed E-state index contributed by atoms with van der Waals surface area (Å²) >= 11 is 0. The molecule has 2 aromatic rings. The van der Waals surface area contributed by atoms with E-state index in [0.29, 0.717) is 11.6 Å². The highest BCUT2D eigenvalue weighted by Crippen LogP contribution is 2.21. The number of rotatable bonds is 3. The summed E-state index contributed by atoms with van der Waals surface area (Å²) in [4.78, 5) is 11.7. The lowest BCUT2D eigenvalue weighted by Crippen LogP contribution is -2.10. The second kappa shape index (κ2) is 5.22. The smallest absolute Gasteiger partial charge is 0.294 e. The van der Waals surface area contributed by atoms with Crippen molar-refractivity contribution in [3.05, 3.63) is 45.9 Å². The van der Waals surface area contributed by atoms with Crippen LogP contribution in [0.1, 0.15) is 31.0 Å². The van der Waals surface area contributed by atoms with E-state index in [0.717, 1.165) is 11.4 Å². The number of aromatic amines is 1. The largest absolute Gasteiger partial charge is 0.298 e. The Labute approximate surface area is 112 Å². The fraction of sp³-hybridized carbons (Fsp3) is 0.357. The second-order valence-electron chi connectivity index (χ2n) is 4.90. The average molecular weight is 258 g/mol. The van der Waals surface area contributed by atoms with Crippen LogP contribution in [0.4, 0.5) is 11.4 Å². The van der Waals surface area contributed by atoms with Crippen molar-refractivity contribution in [2.45, 2.75) is 26.7 Å². The molecule has 0 unspecified atom stereocenters. The SMILES string of the molecule is Cc1[nH]n(C)c(=O)c1N=Nc1ccc(C(C)C)cc1. The summed E-state index contributed by atoms with van der Waals surface area (Å²) in [6.45, 7) is 6.09. The monoisotopic (exact) mass is 258 g/mol. The Kier molecular flexibility index (Phi) is 3.64. The number of aryl methyl sites for hydroxylation is 2. The molecule has 0 saturated carbocycles. The molecule has 0 amide bonds. The molecule has 1 aromatic heterocycles. The van der Waals surface area contributed by atoms with E-state index in [1.54, 1.807) is 14.0 Å². The van der Waals surface area contributed by atoms with Crippen molar-refractivity contribution >= 4 is 11.4 Å². The third-order valence-corrected chi connectivity index (χ3v) is 3.02. The third-order valence-electron chi connectivity index (χ3n) is 3.02. The van der Waals surface area contributed by atoms with Gasteiger partial charge in [0.25, 0.3) is 5.56 Å². The van der Waals surface area contributed by atoms with Crippen LogP contribution in [0.5, 0.6) is 0 Å². The van der Waals surface area contributed by atoms with Crippen molar-refractivity contribution in [3.63, 3.8) is 0 Å². The zero-order chi connectivity index (χ0) is 14.0. The van der Waals surface area contributed by atoms with E-state index >= 15 is 0 Å². The maximum absolute atomic E-state index is 11.7. The first-order valence-corrected chi connectivity index (χ1v) is 6.26. The van der Waals surface area contributed by atoms with Gasteiger partial charge in [-0.3, -0.25) is 14.6 Å². The topological polar surface area (TPSA) is 62.5 Å². The van der Waals surface area contributed by atoms with Gasteiger partial charge in [0.15, 0.2) is 5.69 Å². The van der Waals surface area contributed by atoms with E-state index < -0.39 is 0 Å². The van der Waals surface area contributed by atoms with E-state index in [1.165, 1.54) is 10.2 Å². The Balaban J connectivity index is 2.25. The minimum Gasteiger partial charge on any atom is -0.298 e. The molecule has 5 nitrogen and oxygen atoms in total. The standard InChI is InChI=1S/C14H18N4O/c1-9(2)11-5-7-12(8-6-11)15-16-13-10(3)17-18(4)14(13)19/h5-9,17H,1-4H3. The van der Waals surface area contributed by atoms with Crippen LogP contribution < -0.4 is 5.56 Å². The molecule has 2 rings (SSSR count). The third kappa shape index (κ3) is 2.81. The number of azo groups is 1. The van der Waals surface area contributed by atoms with Gasteiger partial charge in [-0.15, -0.1) is 5.11 Å². The van der Waals surface area contributed by atoms with Gasteiger partial charge in [-0.1, -0.05) is 26.0 Å². The summed E-state index contributed by atoms with van der Waals surface area (Å²) in [5.74, 6) is 0.491. The van der Waals surface area contributed by atoms with Gasteiger partial charge in [0.05, 0.1) is 11.4 Å². The van der Waals surface area contributed by atoms with Crippen molar-refractivity contribution in [1.82, 2.24) is 9.78 Å². The molecule has 0 saturated heterocycles. The summed E-state index contributed by atoms with van der Waals surface area (Å²) in [6.07, 6.45) is 0. The maximum atomic E-state index is 11.7. The highest BCUT2D eigenvalue weighted by atomic mass is 16.1. The molecule has 0 aliphatic rings. The molecule has 0 bridgehead atoms. The van der Waals surface area contributed by atoms with Crippen molar-refractivity contribution in [3.8, 4) is 0 Å². The van der Waals surface area contributed by atoms with E-state index in [-0.39, 0.29) is 5.56 Å². The number of hydrogen-bond acceptors (Lipinski definition) is 3. The molecule has 100 valence electrons. The van der Waals surface area contributed by atoms with Crippen molar-refractivity contribution in [2.24, 2.45) is 17.3 Å². The van der Waals surface area contributed by atoms with Crippen LogP contribution in [-0.2, 0) is 7.05 Å². The first kappa shape index (κ1) is 13.3. The molecule has 0 radical (unpaired) electrons. The van der Waals surface area contributed by atoms with E-state index in [1.807, 2.05) is 24.3 Å². The molecule has 1 aromatic carbocycles. The second-order valence-corrected chi connectivity index (χ2v) is 4.90. The van der Waals surface area contributed by atoms with Crippen LogP contribution in [-0.4, -0.2) is 9.78 Å². The zero-order valence-electron chi connectivity index (χ0n) is 11.6. The van der Waals surface area contributed by atoms with E-state index in [9.17, 15) is 4.79 Å². The Morgan fingerprint density at radius 2 is 1.79 bits per heavy atom. The predicted molar refractivity (Wildman–Crippen MR) is 75.5 cm³/mol. The highest BCUT2D eigenvalue weighted by molar-refractivity contribution is 5.42. The summed E-state index contributed by atoms with van der Waals surface area (Å²) in [5, 5.41) is 11.0. The average Bonchev–Trinajstić information content (AvgIpc) is 2.62. The fourth-order valence-electron chi connectivity index (χ4n) is 1.83. The first-order chi connectivity index (χ1) is 8.99. The highest BCUT2D eigenvalue weighted by Gasteiger charge is 2.07. The van der Waals surface area contributed by atoms with Crippen LogP contribution in [0.3, 0.4) is 0 Å². The van der Waals surface area contributed by atoms with Crippen molar-refractivity contribution in [2.75, 3.05) is 0 Å². The predicted octanol–water partition coefficient (Wildman–Crippen LogP) is 3.56. The van der Waals surface area contributed by atoms with Crippen LogP contribution in [0.15, 0.2) is 39.3 Å². The van der Waals surface area contributed by atoms with Crippen molar-refractivity contribution in [1.29, 1.82) is 0 Å². The minimum absolute atomic E-state index is 0.167. The molecule has 1 heterocycles. The van der Waals surface area contributed by atoms with Gasteiger partial charge in [0.2, 0.25) is 0 Å². The lowest BCUT2D eigenvalue weighted by atomic mass is 10.0. The molecule has 0 atom stereocenters. The van der Waals surface area contributed by atoms with Gasteiger partial charge in [-0.2, -0.15) is 5.11 Å². The van der Waals surface area contributed by atoms with Gasteiger partial charge < -0.3 is 0 Å². The number of H-pyrrole nitrogens is 1. The molecule has 0 aliphatic carbocycles. The maximum Gasteiger partial charge on any atom is 0.294 e. The normalized spacial score (nSPS) is 11.6. The van der Waals surface area contributed by atoms with Crippen LogP contribution in [0, 0.1) is 6.92 Å². The summed E-state index contributed by atoms with van der Waals surface area (Å²) in [6, 6.07) is 7.87. The number of aromatic nitrogens is 2. The lowest BCUT2D eigenvalue weighted by molar-refractivity contribution is 0.731. The van der Waals surface area contributed by atoms with Gasteiger partial charge >= 0.3 is 0 Å². The number of benzene rings is 1. The number of hydrogen-bond donors (Lipinski definition) is 1. The summed E-state index contributed by atoms with van der Waals surface area (Å²) in [5.41, 5.74) is 2.91. The van der Waals surface area contributed by atoms with Crippen LogP contribution in [0.2, 0.25) is 0 Å². The van der Waals surface area contributed by atoms with Gasteiger partial charge in [-0.05, 0) is 30.5 Å². The van der Waals surface area contributed by atoms with Gasteiger partial charge in [0, 0.05) is 7.05 Å². The fourth-order valence-corrected chi connectivity index (χ4v) is 1.83. The molecule has 0 spiro atoms. The van der Waals surface area contributed by atoms with Crippen LogP contribution >= 0.6 is 0 Å². The first-order valence-electron chi connectivity index (χ1n) is 6.26.